The second-order valence-electron chi connectivity index (χ2n) is 4.62. The van der Waals surface area contributed by atoms with Crippen LogP contribution in [0.1, 0.15) is 25.5 Å². The van der Waals surface area contributed by atoms with Gasteiger partial charge in [0.2, 0.25) is 0 Å². The number of hydrogen-bond acceptors (Lipinski definition) is 1. The Hall–Kier alpha value is -1.83. The minimum absolute atomic E-state index is 0.0517. The Morgan fingerprint density at radius 2 is 1.53 bits per heavy atom. The maximum absolute atomic E-state index is 11.7. The molecule has 0 saturated carbocycles. The summed E-state index contributed by atoms with van der Waals surface area (Å²) in [6.45, 7) is 6.10. The van der Waals surface area contributed by atoms with Gasteiger partial charge < -0.3 is 4.57 Å². The van der Waals surface area contributed by atoms with Gasteiger partial charge in [0, 0.05) is 18.3 Å². The van der Waals surface area contributed by atoms with Crippen LogP contribution in [0.25, 0.3) is 11.1 Å². The Balaban J connectivity index is 2.50. The van der Waals surface area contributed by atoms with Crippen LogP contribution in [0, 0.1) is 6.92 Å². The average molecular weight is 227 g/mol. The molecule has 2 nitrogen and oxygen atoms in total. The zero-order valence-electron chi connectivity index (χ0n) is 10.5. The number of rotatable bonds is 2. The van der Waals surface area contributed by atoms with E-state index in [1.807, 2.05) is 26.1 Å². The van der Waals surface area contributed by atoms with Gasteiger partial charge in [0.05, 0.1) is 0 Å². The molecular weight excluding hydrogens is 210 g/mol. The lowest BCUT2D eigenvalue weighted by molar-refractivity contribution is 0.579. The molecule has 0 amide bonds. The van der Waals surface area contributed by atoms with Crippen LogP contribution >= 0.6 is 0 Å². The van der Waals surface area contributed by atoms with E-state index in [0.29, 0.717) is 0 Å². The largest absolute Gasteiger partial charge is 0.312 e. The van der Waals surface area contributed by atoms with Gasteiger partial charge in [-0.1, -0.05) is 29.8 Å². The van der Waals surface area contributed by atoms with Gasteiger partial charge in [0.1, 0.15) is 0 Å². The van der Waals surface area contributed by atoms with Crippen molar-refractivity contribution >= 4 is 0 Å². The maximum Gasteiger partial charge on any atom is 0.250 e. The second kappa shape index (κ2) is 4.58. The normalized spacial score (nSPS) is 10.8. The molecular formula is C15H17NO. The number of aromatic nitrogens is 1. The highest BCUT2D eigenvalue weighted by atomic mass is 16.1. The molecule has 0 atom stereocenters. The van der Waals surface area contributed by atoms with Crippen molar-refractivity contribution in [3.63, 3.8) is 0 Å². The summed E-state index contributed by atoms with van der Waals surface area (Å²) < 4.78 is 1.76. The van der Waals surface area contributed by atoms with Crippen LogP contribution in [0.5, 0.6) is 0 Å². The molecule has 1 heterocycles. The molecule has 2 heteroatoms. The van der Waals surface area contributed by atoms with Crippen molar-refractivity contribution in [1.82, 2.24) is 4.57 Å². The molecule has 0 aliphatic heterocycles. The van der Waals surface area contributed by atoms with Crippen molar-refractivity contribution in [2.45, 2.75) is 26.8 Å². The summed E-state index contributed by atoms with van der Waals surface area (Å²) in [6, 6.07) is 12.0. The van der Waals surface area contributed by atoms with E-state index in [0.717, 1.165) is 11.1 Å². The van der Waals surface area contributed by atoms with Gasteiger partial charge in [-0.05, 0) is 38.0 Å². The number of nitrogens with zero attached hydrogens (tertiary/aromatic N) is 1. The molecule has 1 aromatic carbocycles. The zero-order chi connectivity index (χ0) is 12.4. The van der Waals surface area contributed by atoms with Crippen LogP contribution in [0.3, 0.4) is 0 Å². The highest BCUT2D eigenvalue weighted by Crippen LogP contribution is 2.19. The van der Waals surface area contributed by atoms with E-state index in [-0.39, 0.29) is 11.6 Å². The zero-order valence-corrected chi connectivity index (χ0v) is 10.5. The topological polar surface area (TPSA) is 22.0 Å². The summed E-state index contributed by atoms with van der Waals surface area (Å²) >= 11 is 0. The third-order valence-electron chi connectivity index (χ3n) is 2.88. The molecule has 0 aliphatic rings. The monoisotopic (exact) mass is 227 g/mol. The molecule has 1 aromatic heterocycles. The first kappa shape index (κ1) is 11.6. The Kier molecular flexibility index (Phi) is 3.14. The fraction of sp³-hybridized carbons (Fsp3) is 0.267. The summed E-state index contributed by atoms with van der Waals surface area (Å²) in [6.07, 6.45) is 1.93. The fourth-order valence-electron chi connectivity index (χ4n) is 1.82. The Morgan fingerprint density at radius 3 is 2.12 bits per heavy atom. The lowest BCUT2D eigenvalue weighted by atomic mass is 10.1. The molecule has 0 unspecified atom stereocenters. The first-order valence-electron chi connectivity index (χ1n) is 5.87. The molecule has 2 rings (SSSR count). The summed E-state index contributed by atoms with van der Waals surface area (Å²) in [4.78, 5) is 11.7. The van der Waals surface area contributed by atoms with Crippen molar-refractivity contribution in [1.29, 1.82) is 0 Å². The Labute approximate surface area is 102 Å². The van der Waals surface area contributed by atoms with Crippen LogP contribution in [-0.2, 0) is 0 Å². The molecule has 0 bridgehead atoms. The summed E-state index contributed by atoms with van der Waals surface area (Å²) in [5.74, 6) is 0. The summed E-state index contributed by atoms with van der Waals surface area (Å²) in [5, 5.41) is 0. The number of pyridine rings is 1. The van der Waals surface area contributed by atoms with Gasteiger partial charge in [-0.3, -0.25) is 4.79 Å². The van der Waals surface area contributed by atoms with E-state index >= 15 is 0 Å². The number of benzene rings is 1. The summed E-state index contributed by atoms with van der Waals surface area (Å²) in [7, 11) is 0. The third kappa shape index (κ3) is 2.47. The van der Waals surface area contributed by atoms with Crippen LogP contribution in [0.15, 0.2) is 47.4 Å². The minimum atomic E-state index is 0.0517. The van der Waals surface area contributed by atoms with Gasteiger partial charge in [-0.2, -0.15) is 0 Å². The highest BCUT2D eigenvalue weighted by molar-refractivity contribution is 5.62. The molecule has 0 saturated heterocycles. The van der Waals surface area contributed by atoms with Crippen LogP contribution < -0.4 is 5.56 Å². The molecule has 0 aliphatic carbocycles. The van der Waals surface area contributed by atoms with Crippen molar-refractivity contribution in [2.24, 2.45) is 0 Å². The van der Waals surface area contributed by atoms with Gasteiger partial charge in [0.25, 0.3) is 5.56 Å². The van der Waals surface area contributed by atoms with Gasteiger partial charge >= 0.3 is 0 Å². The Bertz CT molecular complexity index is 564. The summed E-state index contributed by atoms with van der Waals surface area (Å²) in [5.41, 5.74) is 3.52. The third-order valence-corrected chi connectivity index (χ3v) is 2.88. The fourth-order valence-corrected chi connectivity index (χ4v) is 1.82. The molecule has 2 aromatic rings. The van der Waals surface area contributed by atoms with Crippen molar-refractivity contribution in [3.05, 3.63) is 58.5 Å². The smallest absolute Gasteiger partial charge is 0.250 e. The Morgan fingerprint density at radius 1 is 0.941 bits per heavy atom. The van der Waals surface area contributed by atoms with Gasteiger partial charge in [0.15, 0.2) is 0 Å². The van der Waals surface area contributed by atoms with Gasteiger partial charge in [-0.25, -0.2) is 0 Å². The predicted octanol–water partition coefficient (Wildman–Crippen LogP) is 3.40. The lowest BCUT2D eigenvalue weighted by Gasteiger charge is -2.11. The average Bonchev–Trinajstić information content (AvgIpc) is 2.30. The maximum atomic E-state index is 11.7. The number of aryl methyl sites for hydroxylation is 1. The van der Waals surface area contributed by atoms with E-state index in [1.165, 1.54) is 5.56 Å². The van der Waals surface area contributed by atoms with Crippen molar-refractivity contribution in [3.8, 4) is 11.1 Å². The van der Waals surface area contributed by atoms with Crippen molar-refractivity contribution in [2.75, 3.05) is 0 Å². The van der Waals surface area contributed by atoms with Gasteiger partial charge in [-0.15, -0.1) is 0 Å². The molecule has 0 spiro atoms. The molecule has 0 radical (unpaired) electrons. The molecule has 0 N–H and O–H groups in total. The quantitative estimate of drug-likeness (QED) is 0.770. The first-order valence-corrected chi connectivity index (χ1v) is 5.87. The minimum Gasteiger partial charge on any atom is -0.312 e. The lowest BCUT2D eigenvalue weighted by Crippen LogP contribution is -2.20. The highest BCUT2D eigenvalue weighted by Gasteiger charge is 2.03. The SMILES string of the molecule is Cc1ccc(-c2ccc(=O)n(C(C)C)c2)cc1. The van der Waals surface area contributed by atoms with Crippen LogP contribution in [-0.4, -0.2) is 4.57 Å². The van der Waals surface area contributed by atoms with E-state index < -0.39 is 0 Å². The van der Waals surface area contributed by atoms with Crippen LogP contribution in [0.2, 0.25) is 0 Å². The van der Waals surface area contributed by atoms with Crippen LogP contribution in [0.4, 0.5) is 0 Å². The molecule has 0 fully saturated rings. The van der Waals surface area contributed by atoms with E-state index in [1.54, 1.807) is 10.6 Å². The first-order chi connectivity index (χ1) is 8.08. The molecule has 88 valence electrons. The number of hydrogen-bond donors (Lipinski definition) is 0. The van der Waals surface area contributed by atoms with E-state index in [9.17, 15) is 4.79 Å². The van der Waals surface area contributed by atoms with E-state index in [2.05, 4.69) is 31.2 Å². The second-order valence-corrected chi connectivity index (χ2v) is 4.62. The standard InChI is InChI=1S/C15H17NO/c1-11(2)16-10-14(8-9-15(16)17)13-6-4-12(3)5-7-13/h4-11H,1-3H3. The van der Waals surface area contributed by atoms with E-state index in [4.69, 9.17) is 0 Å². The predicted molar refractivity (Wildman–Crippen MR) is 71.3 cm³/mol. The van der Waals surface area contributed by atoms with Crippen molar-refractivity contribution < 1.29 is 0 Å². The molecule has 17 heavy (non-hydrogen) atoms.